The molecule has 0 saturated carbocycles. The third-order valence-electron chi connectivity index (χ3n) is 8.79. The number of nitrogens with zero attached hydrogens (tertiary/aromatic N) is 2. The van der Waals surface area contributed by atoms with E-state index in [1.54, 1.807) is 9.80 Å². The zero-order chi connectivity index (χ0) is 31.2. The van der Waals surface area contributed by atoms with Gasteiger partial charge in [0.1, 0.15) is 6.04 Å². The molecule has 2 fully saturated rings. The Morgan fingerprint density at radius 1 is 0.622 bits per heavy atom. The molecule has 0 bridgehead atoms. The third-order valence-corrected chi connectivity index (χ3v) is 8.79. The molecule has 0 spiro atoms. The van der Waals surface area contributed by atoms with Crippen molar-refractivity contribution < 1.29 is 19.2 Å². The Morgan fingerprint density at radius 3 is 1.73 bits per heavy atom. The molecule has 8 heteroatoms. The molecular weight excluding hydrogens is 564 g/mol. The fourth-order valence-electron chi connectivity index (χ4n) is 6.45. The molecule has 4 aromatic rings. The quantitative estimate of drug-likeness (QED) is 0.259. The summed E-state index contributed by atoms with van der Waals surface area (Å²) < 4.78 is 0. The SMILES string of the molecule is O=C(CNc1ccc2cc(NC(=O)[C@@H]3CCCN3C(=O)Cc3ccccc3)ccc2c1)[C@@H]1CCCN1C(=O)Cc1ccccc1. The molecular formula is C37H38N4O4. The van der Waals surface area contributed by atoms with Crippen LogP contribution in [0.1, 0.15) is 36.8 Å². The molecule has 2 aliphatic heterocycles. The van der Waals surface area contributed by atoms with Gasteiger partial charge in [0.05, 0.1) is 25.4 Å². The van der Waals surface area contributed by atoms with Gasteiger partial charge in [-0.15, -0.1) is 0 Å². The van der Waals surface area contributed by atoms with Gasteiger partial charge in [-0.05, 0) is 71.8 Å². The lowest BCUT2D eigenvalue weighted by Crippen LogP contribution is -2.43. The number of benzene rings is 4. The lowest BCUT2D eigenvalue weighted by atomic mass is 10.1. The van der Waals surface area contributed by atoms with Crippen LogP contribution >= 0.6 is 0 Å². The minimum atomic E-state index is -0.481. The number of Topliss-reactive ketones (excluding diaryl/α,β-unsaturated/α-hetero) is 1. The Morgan fingerprint density at radius 2 is 1.13 bits per heavy atom. The molecule has 230 valence electrons. The second-order valence-corrected chi connectivity index (χ2v) is 11.9. The van der Waals surface area contributed by atoms with Gasteiger partial charge in [0.15, 0.2) is 5.78 Å². The minimum Gasteiger partial charge on any atom is -0.378 e. The highest BCUT2D eigenvalue weighted by molar-refractivity contribution is 6.00. The van der Waals surface area contributed by atoms with Gasteiger partial charge in [-0.1, -0.05) is 72.8 Å². The Hall–Kier alpha value is -4.98. The highest BCUT2D eigenvalue weighted by Crippen LogP contribution is 2.26. The summed E-state index contributed by atoms with van der Waals surface area (Å²) in [5.74, 6) is -0.205. The van der Waals surface area contributed by atoms with Crippen molar-refractivity contribution in [2.24, 2.45) is 0 Å². The summed E-state index contributed by atoms with van der Waals surface area (Å²) in [6, 6.07) is 29.9. The van der Waals surface area contributed by atoms with Crippen LogP contribution in [0.2, 0.25) is 0 Å². The maximum atomic E-state index is 13.2. The van der Waals surface area contributed by atoms with E-state index in [2.05, 4.69) is 10.6 Å². The van der Waals surface area contributed by atoms with Crippen molar-refractivity contribution in [1.29, 1.82) is 0 Å². The predicted molar refractivity (Wildman–Crippen MR) is 176 cm³/mol. The van der Waals surface area contributed by atoms with Gasteiger partial charge in [-0.25, -0.2) is 0 Å². The lowest BCUT2D eigenvalue weighted by molar-refractivity contribution is -0.136. The summed E-state index contributed by atoms with van der Waals surface area (Å²) in [7, 11) is 0. The van der Waals surface area contributed by atoms with Crippen LogP contribution in [0, 0.1) is 0 Å². The number of nitrogens with one attached hydrogen (secondary N) is 2. The van der Waals surface area contributed by atoms with Crippen LogP contribution in [0.15, 0.2) is 97.1 Å². The third kappa shape index (κ3) is 7.23. The number of carbonyl (C=O) groups excluding carboxylic acids is 4. The van der Waals surface area contributed by atoms with Crippen LogP contribution < -0.4 is 10.6 Å². The number of amides is 3. The predicted octanol–water partition coefficient (Wildman–Crippen LogP) is 5.23. The topological polar surface area (TPSA) is 98.8 Å². The Balaban J connectivity index is 1.03. The van der Waals surface area contributed by atoms with Gasteiger partial charge in [-0.2, -0.15) is 0 Å². The summed E-state index contributed by atoms with van der Waals surface area (Å²) in [4.78, 5) is 55.7. The molecule has 0 aliphatic carbocycles. The second kappa shape index (κ2) is 13.8. The van der Waals surface area contributed by atoms with E-state index in [1.165, 1.54) is 0 Å². The van der Waals surface area contributed by atoms with E-state index in [1.807, 2.05) is 97.1 Å². The van der Waals surface area contributed by atoms with E-state index in [4.69, 9.17) is 0 Å². The Bertz CT molecular complexity index is 1690. The summed E-state index contributed by atoms with van der Waals surface area (Å²) >= 11 is 0. The van der Waals surface area contributed by atoms with Crippen molar-refractivity contribution in [1.82, 2.24) is 9.80 Å². The van der Waals surface area contributed by atoms with Crippen LogP contribution in [0.4, 0.5) is 11.4 Å². The molecule has 2 saturated heterocycles. The Kier molecular flexibility index (Phi) is 9.19. The number of anilines is 2. The largest absolute Gasteiger partial charge is 0.378 e. The zero-order valence-electron chi connectivity index (χ0n) is 25.3. The number of carbonyl (C=O) groups is 4. The average Bonchev–Trinajstić information content (AvgIpc) is 3.76. The summed E-state index contributed by atoms with van der Waals surface area (Å²) in [5, 5.41) is 8.17. The molecule has 2 heterocycles. The highest BCUT2D eigenvalue weighted by Gasteiger charge is 2.35. The van der Waals surface area contributed by atoms with Gasteiger partial charge in [0.2, 0.25) is 17.7 Å². The molecule has 8 nitrogen and oxygen atoms in total. The van der Waals surface area contributed by atoms with Crippen molar-refractivity contribution in [3.8, 4) is 0 Å². The van der Waals surface area contributed by atoms with Crippen molar-refractivity contribution in [3.05, 3.63) is 108 Å². The number of hydrogen-bond donors (Lipinski definition) is 2. The number of hydrogen-bond acceptors (Lipinski definition) is 5. The minimum absolute atomic E-state index is 0.00919. The van der Waals surface area contributed by atoms with Crippen LogP contribution in [-0.4, -0.2) is 65.0 Å². The fraction of sp³-hybridized carbons (Fsp3) is 0.297. The molecule has 45 heavy (non-hydrogen) atoms. The van der Waals surface area contributed by atoms with Crippen LogP contribution in [-0.2, 0) is 32.0 Å². The molecule has 2 atom stereocenters. The molecule has 0 radical (unpaired) electrons. The first-order valence-electron chi connectivity index (χ1n) is 15.7. The molecule has 0 aromatic heterocycles. The standard InChI is InChI=1S/C37H38N4O4/c42-34(32-13-7-19-40(32)35(43)21-26-9-3-1-4-10-26)25-38-30-17-15-29-24-31(18-16-28(29)23-30)39-37(45)33-14-8-20-41(33)36(44)22-27-11-5-2-6-12-27/h1-6,9-12,15-18,23-24,32-33,38H,7-8,13-14,19-22,25H2,(H,39,45)/t32-,33-/m0/s1. The smallest absolute Gasteiger partial charge is 0.247 e. The highest BCUT2D eigenvalue weighted by atomic mass is 16.2. The summed E-state index contributed by atoms with van der Waals surface area (Å²) in [6.45, 7) is 1.34. The van der Waals surface area contributed by atoms with Gasteiger partial charge in [-0.3, -0.25) is 19.2 Å². The van der Waals surface area contributed by atoms with Crippen LogP contribution in [0.25, 0.3) is 10.8 Å². The first-order chi connectivity index (χ1) is 21.9. The van der Waals surface area contributed by atoms with Gasteiger partial charge >= 0.3 is 0 Å². The molecule has 6 rings (SSSR count). The maximum absolute atomic E-state index is 13.2. The molecule has 4 aromatic carbocycles. The van der Waals surface area contributed by atoms with Crippen molar-refractivity contribution >= 4 is 45.7 Å². The van der Waals surface area contributed by atoms with Gasteiger partial charge in [0.25, 0.3) is 0 Å². The summed E-state index contributed by atoms with van der Waals surface area (Å²) in [6.07, 6.45) is 3.55. The number of likely N-dealkylation sites (tertiary alicyclic amines) is 2. The molecule has 2 N–H and O–H groups in total. The van der Waals surface area contributed by atoms with E-state index in [0.717, 1.165) is 40.4 Å². The number of fused-ring (bicyclic) bond motifs is 1. The summed E-state index contributed by atoms with van der Waals surface area (Å²) in [5.41, 5.74) is 3.38. The number of ketones is 1. The lowest BCUT2D eigenvalue weighted by Gasteiger charge is -2.24. The first kappa shape index (κ1) is 30.1. The maximum Gasteiger partial charge on any atom is 0.247 e. The Labute approximate surface area is 263 Å². The van der Waals surface area contributed by atoms with E-state index in [0.29, 0.717) is 38.0 Å². The first-order valence-corrected chi connectivity index (χ1v) is 15.7. The molecule has 2 aliphatic rings. The fourth-order valence-corrected chi connectivity index (χ4v) is 6.45. The average molecular weight is 603 g/mol. The number of rotatable bonds is 10. The second-order valence-electron chi connectivity index (χ2n) is 11.9. The van der Waals surface area contributed by atoms with Crippen LogP contribution in [0.5, 0.6) is 0 Å². The van der Waals surface area contributed by atoms with E-state index in [9.17, 15) is 19.2 Å². The van der Waals surface area contributed by atoms with E-state index >= 15 is 0 Å². The van der Waals surface area contributed by atoms with E-state index < -0.39 is 12.1 Å². The monoisotopic (exact) mass is 602 g/mol. The normalized spacial score (nSPS) is 17.8. The van der Waals surface area contributed by atoms with Crippen molar-refractivity contribution in [2.45, 2.75) is 50.6 Å². The van der Waals surface area contributed by atoms with Crippen molar-refractivity contribution in [3.63, 3.8) is 0 Å². The zero-order valence-corrected chi connectivity index (χ0v) is 25.3. The van der Waals surface area contributed by atoms with Gasteiger partial charge in [0, 0.05) is 24.5 Å². The van der Waals surface area contributed by atoms with Crippen LogP contribution in [0.3, 0.4) is 0 Å². The van der Waals surface area contributed by atoms with E-state index in [-0.39, 0.29) is 36.5 Å². The molecule has 3 amide bonds. The van der Waals surface area contributed by atoms with Crippen molar-refractivity contribution in [2.75, 3.05) is 30.3 Å². The van der Waals surface area contributed by atoms with Gasteiger partial charge < -0.3 is 20.4 Å². The molecule has 0 unspecified atom stereocenters.